The van der Waals surface area contributed by atoms with Crippen LogP contribution < -0.4 is 10.2 Å². The van der Waals surface area contributed by atoms with Gasteiger partial charge < -0.3 is 19.7 Å². The first-order chi connectivity index (χ1) is 10.1. The number of hydrogen-bond donors (Lipinski definition) is 1. The van der Waals surface area contributed by atoms with Crippen molar-refractivity contribution in [1.82, 2.24) is 4.98 Å². The highest BCUT2D eigenvalue weighted by Gasteiger charge is 2.15. The number of hydrogen-bond acceptors (Lipinski definition) is 5. The van der Waals surface area contributed by atoms with E-state index in [0.29, 0.717) is 61.2 Å². The predicted octanol–water partition coefficient (Wildman–Crippen LogP) is 3.31. The van der Waals surface area contributed by atoms with E-state index in [1.807, 2.05) is 18.7 Å². The van der Waals surface area contributed by atoms with Crippen LogP contribution in [0.4, 0.5) is 11.6 Å². The summed E-state index contributed by atoms with van der Waals surface area (Å²) in [5.74, 6) is 1.29. The molecule has 0 saturated carbocycles. The minimum absolute atomic E-state index is 0.501. The quantitative estimate of drug-likeness (QED) is 0.664. The van der Waals surface area contributed by atoms with Crippen LogP contribution in [0.2, 0.25) is 10.0 Å². The summed E-state index contributed by atoms with van der Waals surface area (Å²) in [6.07, 6.45) is 0. The van der Waals surface area contributed by atoms with Crippen molar-refractivity contribution in [1.29, 1.82) is 0 Å². The van der Waals surface area contributed by atoms with E-state index >= 15 is 0 Å². The molecular weight excluding hydrogens is 313 g/mol. The number of aromatic nitrogens is 1. The fraction of sp³-hybridized carbons (Fsp3) is 0.643. The second-order valence-electron chi connectivity index (χ2n) is 4.26. The van der Waals surface area contributed by atoms with E-state index in [1.54, 1.807) is 13.1 Å². The fourth-order valence-electron chi connectivity index (χ4n) is 1.82. The first-order valence-electron chi connectivity index (χ1n) is 7.08. The highest BCUT2D eigenvalue weighted by Crippen LogP contribution is 2.31. The molecule has 0 aliphatic carbocycles. The Morgan fingerprint density at radius 3 is 2.14 bits per heavy atom. The third kappa shape index (κ3) is 5.87. The summed E-state index contributed by atoms with van der Waals surface area (Å²) in [5.41, 5.74) is 0. The van der Waals surface area contributed by atoms with Crippen molar-refractivity contribution in [2.24, 2.45) is 0 Å². The first kappa shape index (κ1) is 18.3. The van der Waals surface area contributed by atoms with E-state index in [-0.39, 0.29) is 0 Å². The van der Waals surface area contributed by atoms with Crippen LogP contribution in [0.1, 0.15) is 13.8 Å². The second kappa shape index (κ2) is 10.1. The van der Waals surface area contributed by atoms with Gasteiger partial charge in [-0.1, -0.05) is 23.2 Å². The lowest BCUT2D eigenvalue weighted by atomic mass is 10.3. The van der Waals surface area contributed by atoms with Gasteiger partial charge in [-0.25, -0.2) is 4.98 Å². The summed E-state index contributed by atoms with van der Waals surface area (Å²) in [7, 11) is 1.77. The summed E-state index contributed by atoms with van der Waals surface area (Å²) in [5, 5.41) is 3.98. The van der Waals surface area contributed by atoms with Gasteiger partial charge in [0.15, 0.2) is 0 Å². The Hall–Kier alpha value is -0.750. The van der Waals surface area contributed by atoms with Gasteiger partial charge in [0.1, 0.15) is 11.6 Å². The fourth-order valence-corrected chi connectivity index (χ4v) is 2.39. The highest BCUT2D eigenvalue weighted by molar-refractivity contribution is 6.37. The van der Waals surface area contributed by atoms with Gasteiger partial charge in [-0.05, 0) is 19.9 Å². The number of ether oxygens (including phenoxy) is 2. The lowest BCUT2D eigenvalue weighted by Crippen LogP contribution is -2.32. The number of pyridine rings is 1. The molecule has 0 atom stereocenters. The average Bonchev–Trinajstić information content (AvgIpc) is 2.46. The van der Waals surface area contributed by atoms with Crippen LogP contribution in [0, 0.1) is 0 Å². The standard InChI is InChI=1S/C14H23Cl2N3O2/c1-4-20-8-6-19(7-9-21-5-2)14-12(16)10-11(15)13(17-3)18-14/h10H,4-9H2,1-3H3,(H,17,18). The average molecular weight is 336 g/mol. The summed E-state index contributed by atoms with van der Waals surface area (Å²) in [4.78, 5) is 6.53. The molecule has 1 rings (SSSR count). The number of anilines is 2. The Morgan fingerprint density at radius 1 is 1.10 bits per heavy atom. The van der Waals surface area contributed by atoms with Crippen LogP contribution in [0.15, 0.2) is 6.07 Å². The molecular formula is C14H23Cl2N3O2. The number of rotatable bonds is 10. The molecule has 1 aromatic rings. The topological polar surface area (TPSA) is 46.6 Å². The van der Waals surface area contributed by atoms with Crippen molar-refractivity contribution in [3.8, 4) is 0 Å². The molecule has 0 aliphatic rings. The molecule has 0 radical (unpaired) electrons. The zero-order chi connectivity index (χ0) is 15.7. The predicted molar refractivity (Wildman–Crippen MR) is 89.0 cm³/mol. The minimum atomic E-state index is 0.501. The Balaban J connectivity index is 2.89. The highest BCUT2D eigenvalue weighted by atomic mass is 35.5. The zero-order valence-corrected chi connectivity index (χ0v) is 14.3. The lowest BCUT2D eigenvalue weighted by molar-refractivity contribution is 0.141. The van der Waals surface area contributed by atoms with E-state index in [1.165, 1.54) is 0 Å². The smallest absolute Gasteiger partial charge is 0.150 e. The Morgan fingerprint density at radius 2 is 1.67 bits per heavy atom. The van der Waals surface area contributed by atoms with E-state index in [9.17, 15) is 0 Å². The van der Waals surface area contributed by atoms with E-state index in [4.69, 9.17) is 32.7 Å². The molecule has 0 bridgehead atoms. The molecule has 120 valence electrons. The molecule has 0 saturated heterocycles. The van der Waals surface area contributed by atoms with Crippen LogP contribution in [0.25, 0.3) is 0 Å². The van der Waals surface area contributed by atoms with Crippen LogP contribution in [-0.2, 0) is 9.47 Å². The van der Waals surface area contributed by atoms with Gasteiger partial charge in [-0.15, -0.1) is 0 Å². The lowest BCUT2D eigenvalue weighted by Gasteiger charge is -2.25. The van der Waals surface area contributed by atoms with Crippen molar-refractivity contribution in [3.63, 3.8) is 0 Å². The molecule has 7 heteroatoms. The number of nitrogens with zero attached hydrogens (tertiary/aromatic N) is 2. The van der Waals surface area contributed by atoms with Crippen LogP contribution in [0.5, 0.6) is 0 Å². The molecule has 5 nitrogen and oxygen atoms in total. The van der Waals surface area contributed by atoms with E-state index in [2.05, 4.69) is 10.3 Å². The molecule has 0 aliphatic heterocycles. The molecule has 0 aromatic carbocycles. The summed E-state index contributed by atoms with van der Waals surface area (Å²) >= 11 is 12.4. The van der Waals surface area contributed by atoms with Crippen molar-refractivity contribution in [2.75, 3.05) is 56.8 Å². The van der Waals surface area contributed by atoms with Crippen LogP contribution in [0.3, 0.4) is 0 Å². The van der Waals surface area contributed by atoms with Gasteiger partial charge >= 0.3 is 0 Å². The number of halogens is 2. The molecule has 21 heavy (non-hydrogen) atoms. The molecule has 1 heterocycles. The molecule has 0 spiro atoms. The Bertz CT molecular complexity index is 423. The van der Waals surface area contributed by atoms with Gasteiger partial charge in [0.05, 0.1) is 23.3 Å². The second-order valence-corrected chi connectivity index (χ2v) is 5.07. The summed E-state index contributed by atoms with van der Waals surface area (Å²) in [6.45, 7) is 7.91. The zero-order valence-electron chi connectivity index (χ0n) is 12.8. The first-order valence-corrected chi connectivity index (χ1v) is 7.83. The van der Waals surface area contributed by atoms with Crippen LogP contribution in [-0.4, -0.2) is 51.5 Å². The van der Waals surface area contributed by atoms with Crippen LogP contribution >= 0.6 is 23.2 Å². The third-order valence-electron chi connectivity index (χ3n) is 2.87. The summed E-state index contributed by atoms with van der Waals surface area (Å²) < 4.78 is 10.8. The van der Waals surface area contributed by atoms with Gasteiger partial charge in [0.2, 0.25) is 0 Å². The summed E-state index contributed by atoms with van der Waals surface area (Å²) in [6, 6.07) is 1.70. The van der Waals surface area contributed by atoms with Gasteiger partial charge in [0, 0.05) is 33.4 Å². The van der Waals surface area contributed by atoms with Gasteiger partial charge in [-0.2, -0.15) is 0 Å². The third-order valence-corrected chi connectivity index (χ3v) is 3.43. The maximum Gasteiger partial charge on any atom is 0.150 e. The van der Waals surface area contributed by atoms with Crippen molar-refractivity contribution >= 4 is 34.8 Å². The van der Waals surface area contributed by atoms with Gasteiger partial charge in [0.25, 0.3) is 0 Å². The Kier molecular flexibility index (Phi) is 8.76. The van der Waals surface area contributed by atoms with Crippen molar-refractivity contribution in [2.45, 2.75) is 13.8 Å². The maximum absolute atomic E-state index is 6.28. The molecule has 0 amide bonds. The van der Waals surface area contributed by atoms with Crippen molar-refractivity contribution < 1.29 is 9.47 Å². The van der Waals surface area contributed by atoms with Gasteiger partial charge in [-0.3, -0.25) is 0 Å². The molecule has 1 N–H and O–H groups in total. The monoisotopic (exact) mass is 335 g/mol. The van der Waals surface area contributed by atoms with E-state index in [0.717, 1.165) is 0 Å². The van der Waals surface area contributed by atoms with Crippen molar-refractivity contribution in [3.05, 3.63) is 16.1 Å². The molecule has 1 aromatic heterocycles. The number of nitrogens with one attached hydrogen (secondary N) is 1. The molecule has 0 unspecified atom stereocenters. The largest absolute Gasteiger partial charge is 0.380 e. The minimum Gasteiger partial charge on any atom is -0.380 e. The normalized spacial score (nSPS) is 10.7. The molecule has 0 fully saturated rings. The Labute approximate surface area is 136 Å². The van der Waals surface area contributed by atoms with E-state index < -0.39 is 0 Å². The SMILES string of the molecule is CCOCCN(CCOCC)c1nc(NC)c(Cl)cc1Cl. The maximum atomic E-state index is 6.28.